The molecule has 0 unspecified atom stereocenters. The van der Waals surface area contributed by atoms with Crippen molar-refractivity contribution in [2.45, 2.75) is 30.0 Å². The molecule has 0 atom stereocenters. The molecule has 0 amide bonds. The van der Waals surface area contributed by atoms with Crippen LogP contribution in [0.4, 0.5) is 22.0 Å². The zero-order chi connectivity index (χ0) is 16.5. The van der Waals surface area contributed by atoms with E-state index in [0.717, 1.165) is 0 Å². The van der Waals surface area contributed by atoms with Gasteiger partial charge in [-0.25, -0.2) is 21.6 Å². The topological polar surface area (TPSA) is 83.5 Å². The molecule has 1 heterocycles. The van der Waals surface area contributed by atoms with Gasteiger partial charge in [0, 0.05) is 13.1 Å². The van der Waals surface area contributed by atoms with E-state index in [4.69, 9.17) is 0 Å². The summed E-state index contributed by atoms with van der Waals surface area (Å²) in [5.74, 6) is 0. The number of hydrogen-bond acceptors (Lipinski definition) is 4. The number of nitrogens with one attached hydrogen (secondary N) is 1. The molecule has 0 radical (unpaired) electrons. The van der Waals surface area contributed by atoms with Crippen LogP contribution in [0.5, 0.6) is 0 Å². The summed E-state index contributed by atoms with van der Waals surface area (Å²) >= 11 is 0. The highest BCUT2D eigenvalue weighted by Crippen LogP contribution is 2.29. The van der Waals surface area contributed by atoms with Crippen LogP contribution in [0.3, 0.4) is 0 Å². The highest BCUT2D eigenvalue weighted by molar-refractivity contribution is 7.91. The molecule has 0 aliphatic carbocycles. The average Bonchev–Trinajstić information content (AvgIpc) is 2.36. The van der Waals surface area contributed by atoms with Gasteiger partial charge in [-0.1, -0.05) is 6.42 Å². The van der Waals surface area contributed by atoms with E-state index in [1.807, 2.05) is 0 Å². The summed E-state index contributed by atoms with van der Waals surface area (Å²) in [7, 11) is -11.3. The van der Waals surface area contributed by atoms with Crippen LogP contribution in [0, 0.1) is 0 Å². The first-order valence-corrected chi connectivity index (χ1v) is 8.67. The zero-order valence-corrected chi connectivity index (χ0v) is 12.2. The molecule has 0 bridgehead atoms. The van der Waals surface area contributed by atoms with Crippen LogP contribution in [0.25, 0.3) is 0 Å². The lowest BCUT2D eigenvalue weighted by Gasteiger charge is -2.29. The van der Waals surface area contributed by atoms with Gasteiger partial charge in [-0.05, 0) is 12.8 Å². The summed E-state index contributed by atoms with van der Waals surface area (Å²) in [6.45, 7) is -2.53. The van der Waals surface area contributed by atoms with Crippen molar-refractivity contribution in [2.24, 2.45) is 0 Å². The van der Waals surface area contributed by atoms with Gasteiger partial charge in [-0.15, -0.1) is 0 Å². The Kier molecular flexibility index (Phi) is 5.23. The second kappa shape index (κ2) is 5.93. The van der Waals surface area contributed by atoms with Crippen LogP contribution >= 0.6 is 0 Å². The first-order valence-electron chi connectivity index (χ1n) is 5.75. The molecule has 0 aromatic rings. The molecule has 0 saturated carbocycles. The first-order chi connectivity index (χ1) is 9.31. The van der Waals surface area contributed by atoms with Crippen molar-refractivity contribution in [2.75, 3.05) is 19.6 Å². The Hall–Kier alpha value is -0.530. The molecular formula is C8H13F5N2O4S2. The maximum Gasteiger partial charge on any atom is 0.511 e. The summed E-state index contributed by atoms with van der Waals surface area (Å²) in [5, 5.41) is -4.66. The smallest absolute Gasteiger partial charge is 0.206 e. The molecule has 1 aliphatic rings. The third kappa shape index (κ3) is 4.02. The number of halogens is 5. The fourth-order valence-electron chi connectivity index (χ4n) is 1.65. The minimum atomic E-state index is -6.03. The predicted molar refractivity (Wildman–Crippen MR) is 62.3 cm³/mol. The standard InChI is InChI=1S/C8H13F5N2O4S2/c9-7(10,6-14-20(16,17)8(11,12)13)21(18,19)15-4-2-1-3-5-15/h14H,1-6H2. The van der Waals surface area contributed by atoms with E-state index in [1.54, 1.807) is 0 Å². The summed E-state index contributed by atoms with van der Waals surface area (Å²) in [4.78, 5) is 0. The molecule has 1 saturated heterocycles. The maximum atomic E-state index is 13.6. The van der Waals surface area contributed by atoms with E-state index < -0.39 is 37.4 Å². The Morgan fingerprint density at radius 3 is 1.81 bits per heavy atom. The average molecular weight is 360 g/mol. The van der Waals surface area contributed by atoms with Gasteiger partial charge in [0.25, 0.3) is 10.0 Å². The van der Waals surface area contributed by atoms with E-state index in [2.05, 4.69) is 0 Å². The largest absolute Gasteiger partial charge is 0.511 e. The first kappa shape index (κ1) is 18.5. The van der Waals surface area contributed by atoms with Gasteiger partial charge in [0.15, 0.2) is 0 Å². The molecule has 1 rings (SSSR count). The number of sulfonamides is 2. The van der Waals surface area contributed by atoms with Gasteiger partial charge < -0.3 is 0 Å². The van der Waals surface area contributed by atoms with Crippen molar-refractivity contribution >= 4 is 20.0 Å². The van der Waals surface area contributed by atoms with Crippen LogP contribution in [0.1, 0.15) is 19.3 Å². The second-order valence-electron chi connectivity index (χ2n) is 4.37. The van der Waals surface area contributed by atoms with Crippen molar-refractivity contribution in [1.29, 1.82) is 0 Å². The summed E-state index contributed by atoms with van der Waals surface area (Å²) in [6.07, 6.45) is 1.35. The third-order valence-electron chi connectivity index (χ3n) is 2.81. The third-order valence-corrected chi connectivity index (χ3v) is 5.88. The van der Waals surface area contributed by atoms with E-state index in [1.165, 1.54) is 0 Å². The normalized spacial score (nSPS) is 19.7. The number of alkyl halides is 5. The molecule has 1 N–H and O–H groups in total. The van der Waals surface area contributed by atoms with Crippen LogP contribution in [-0.2, 0) is 20.0 Å². The number of nitrogens with zero attached hydrogens (tertiary/aromatic N) is 1. The quantitative estimate of drug-likeness (QED) is 0.737. The lowest BCUT2D eigenvalue weighted by molar-refractivity contribution is -0.0453. The Balaban J connectivity index is 2.86. The molecule has 0 aromatic carbocycles. The predicted octanol–water partition coefficient (Wildman–Crippen LogP) is 0.834. The molecule has 0 spiro atoms. The summed E-state index contributed by atoms with van der Waals surface area (Å²) < 4.78 is 109. The Morgan fingerprint density at radius 2 is 1.38 bits per heavy atom. The lowest BCUT2D eigenvalue weighted by atomic mass is 10.2. The minimum Gasteiger partial charge on any atom is -0.206 e. The fourth-order valence-corrected chi connectivity index (χ4v) is 3.64. The molecule has 0 aromatic heterocycles. The maximum absolute atomic E-state index is 13.6. The lowest BCUT2D eigenvalue weighted by Crippen LogP contribution is -2.52. The van der Waals surface area contributed by atoms with Crippen LogP contribution < -0.4 is 4.72 Å². The van der Waals surface area contributed by atoms with Gasteiger partial charge in [0.1, 0.15) is 0 Å². The van der Waals surface area contributed by atoms with Crippen molar-refractivity contribution in [1.82, 2.24) is 9.03 Å². The molecule has 13 heteroatoms. The number of piperidine rings is 1. The van der Waals surface area contributed by atoms with Gasteiger partial charge in [0.2, 0.25) is 0 Å². The molecule has 6 nitrogen and oxygen atoms in total. The fraction of sp³-hybridized carbons (Fsp3) is 1.00. The number of rotatable bonds is 5. The van der Waals surface area contributed by atoms with Crippen molar-refractivity contribution < 1.29 is 38.8 Å². The van der Waals surface area contributed by atoms with E-state index in [0.29, 0.717) is 28.3 Å². The molecule has 1 aliphatic heterocycles. The Morgan fingerprint density at radius 1 is 0.905 bits per heavy atom. The molecular weight excluding hydrogens is 347 g/mol. The number of hydrogen-bond donors (Lipinski definition) is 1. The Labute approximate surface area is 118 Å². The molecule has 1 fully saturated rings. The van der Waals surface area contributed by atoms with E-state index in [-0.39, 0.29) is 13.1 Å². The van der Waals surface area contributed by atoms with Crippen molar-refractivity contribution in [3.05, 3.63) is 0 Å². The zero-order valence-electron chi connectivity index (χ0n) is 10.5. The molecule has 126 valence electrons. The second-order valence-corrected chi connectivity index (χ2v) is 8.19. The highest BCUT2D eigenvalue weighted by atomic mass is 32.2. The Bertz CT molecular complexity index is 566. The van der Waals surface area contributed by atoms with E-state index in [9.17, 15) is 38.8 Å². The van der Waals surface area contributed by atoms with Gasteiger partial charge in [-0.3, -0.25) is 0 Å². The van der Waals surface area contributed by atoms with E-state index >= 15 is 0 Å². The minimum absolute atomic E-state index is 0.177. The van der Waals surface area contributed by atoms with Crippen LogP contribution in [0.2, 0.25) is 0 Å². The summed E-state index contributed by atoms with van der Waals surface area (Å²) in [5.41, 5.74) is -5.79. The van der Waals surface area contributed by atoms with Gasteiger partial charge in [-0.2, -0.15) is 26.3 Å². The SMILES string of the molecule is O=S(=O)(NCC(F)(F)S(=O)(=O)N1CCCCC1)C(F)(F)F. The van der Waals surface area contributed by atoms with Crippen LogP contribution in [-0.4, -0.2) is 51.5 Å². The van der Waals surface area contributed by atoms with Crippen molar-refractivity contribution in [3.63, 3.8) is 0 Å². The monoisotopic (exact) mass is 360 g/mol. The van der Waals surface area contributed by atoms with Crippen LogP contribution in [0.15, 0.2) is 0 Å². The molecule has 21 heavy (non-hydrogen) atoms. The highest BCUT2D eigenvalue weighted by Gasteiger charge is 2.52. The van der Waals surface area contributed by atoms with Gasteiger partial charge in [0.05, 0.1) is 6.54 Å². The van der Waals surface area contributed by atoms with Gasteiger partial charge >= 0.3 is 20.8 Å². The van der Waals surface area contributed by atoms with Crippen molar-refractivity contribution in [3.8, 4) is 0 Å². The summed E-state index contributed by atoms with van der Waals surface area (Å²) in [6, 6.07) is 0.